The van der Waals surface area contributed by atoms with Crippen LogP contribution in [0.4, 0.5) is 0 Å². The average Bonchev–Trinajstić information content (AvgIpc) is 2.73. The van der Waals surface area contributed by atoms with Gasteiger partial charge < -0.3 is 0 Å². The van der Waals surface area contributed by atoms with Crippen LogP contribution in [0.15, 0.2) is 0 Å². The molecule has 0 unspecified atom stereocenters. The molecule has 0 aliphatic rings. The summed E-state index contributed by atoms with van der Waals surface area (Å²) in [5.41, 5.74) is 0. The number of hydrogen-bond acceptors (Lipinski definition) is 0. The van der Waals surface area contributed by atoms with Gasteiger partial charge in [-0.3, -0.25) is 0 Å². The van der Waals surface area contributed by atoms with Crippen molar-refractivity contribution < 1.29 is 0 Å². The fourth-order valence-electron chi connectivity index (χ4n) is 5.34. The first-order valence-electron chi connectivity index (χ1n) is 13.6. The highest BCUT2D eigenvalue weighted by molar-refractivity contribution is 6.85. The Balaban J connectivity index is 5.42. The molecule has 0 radical (unpaired) electrons. The normalized spacial score (nSPS) is 12.6. The van der Waals surface area contributed by atoms with Crippen molar-refractivity contribution in [3.63, 3.8) is 0 Å². The second-order valence-electron chi connectivity index (χ2n) is 10.1. The van der Waals surface area contributed by atoms with Crippen LogP contribution in [-0.2, 0) is 0 Å². The summed E-state index contributed by atoms with van der Waals surface area (Å²) in [7, 11) is -2.10. The molecular formula is C26H58Si2. The van der Waals surface area contributed by atoms with Gasteiger partial charge in [0, 0.05) is 0 Å². The Morgan fingerprint density at radius 3 is 0.607 bits per heavy atom. The Labute approximate surface area is 183 Å². The highest BCUT2D eigenvalue weighted by Gasteiger charge is 2.37. The van der Waals surface area contributed by atoms with Crippen LogP contribution in [-0.4, -0.2) is 16.1 Å². The van der Waals surface area contributed by atoms with E-state index in [0.29, 0.717) is 0 Å². The van der Waals surface area contributed by atoms with Crippen LogP contribution in [0.1, 0.15) is 119 Å². The van der Waals surface area contributed by atoms with Crippen molar-refractivity contribution >= 4 is 16.1 Å². The molecule has 2 heteroatoms. The molecule has 0 aromatic rings. The fourth-order valence-corrected chi connectivity index (χ4v) is 19.2. The fraction of sp³-hybridized carbons (Fsp3) is 1.00. The number of rotatable bonds is 21. The lowest BCUT2D eigenvalue weighted by Gasteiger charge is -2.39. The first-order valence-corrected chi connectivity index (χ1v) is 19.2. The lowest BCUT2D eigenvalue weighted by Crippen LogP contribution is -2.40. The zero-order chi connectivity index (χ0) is 21.1. The Hall–Kier alpha value is 0.434. The zero-order valence-electron chi connectivity index (χ0n) is 21.1. The van der Waals surface area contributed by atoms with E-state index in [-0.39, 0.29) is 0 Å². The molecule has 0 nitrogen and oxygen atoms in total. The Morgan fingerprint density at radius 1 is 0.286 bits per heavy atom. The van der Waals surface area contributed by atoms with E-state index in [4.69, 9.17) is 0 Å². The second kappa shape index (κ2) is 18.2. The maximum atomic E-state index is 2.42. The molecule has 0 spiro atoms. The highest BCUT2D eigenvalue weighted by Crippen LogP contribution is 2.40. The summed E-state index contributed by atoms with van der Waals surface area (Å²) < 4.78 is 0. The molecule has 0 aromatic carbocycles. The maximum absolute atomic E-state index is 2.42. The molecule has 0 bridgehead atoms. The number of unbranched alkanes of at least 4 members (excludes halogenated alkanes) is 6. The van der Waals surface area contributed by atoms with Crippen LogP contribution in [0.25, 0.3) is 0 Å². The van der Waals surface area contributed by atoms with E-state index in [2.05, 4.69) is 41.5 Å². The van der Waals surface area contributed by atoms with Gasteiger partial charge in [0.1, 0.15) is 0 Å². The van der Waals surface area contributed by atoms with Gasteiger partial charge in [-0.05, 0) is 0 Å². The van der Waals surface area contributed by atoms with Crippen molar-refractivity contribution in [2.45, 2.75) is 167 Å². The maximum Gasteiger partial charge on any atom is 0.0533 e. The standard InChI is InChI=1S/C26H58Si2/c1-7-13-19-27(20-14-8-2,21-15-9-3)25-26-28(22-16-10-4,23-17-11-5)24-18-12-6/h7-26H2,1-6H3. The predicted molar refractivity (Wildman–Crippen MR) is 139 cm³/mol. The minimum atomic E-state index is -1.05. The molecule has 0 N–H and O–H groups in total. The average molecular weight is 427 g/mol. The summed E-state index contributed by atoms with van der Waals surface area (Å²) in [6.07, 6.45) is 17.6. The Bertz CT molecular complexity index is 251. The monoisotopic (exact) mass is 426 g/mol. The zero-order valence-corrected chi connectivity index (χ0v) is 23.1. The van der Waals surface area contributed by atoms with Crippen LogP contribution >= 0.6 is 0 Å². The summed E-state index contributed by atoms with van der Waals surface area (Å²) >= 11 is 0. The molecule has 0 amide bonds. The van der Waals surface area contributed by atoms with E-state index in [1.807, 2.05) is 0 Å². The Kier molecular flexibility index (Phi) is 18.5. The molecule has 0 aliphatic heterocycles. The molecule has 0 fully saturated rings. The van der Waals surface area contributed by atoms with Crippen LogP contribution in [0.2, 0.25) is 48.4 Å². The van der Waals surface area contributed by atoms with E-state index in [1.165, 1.54) is 77.0 Å². The lowest BCUT2D eigenvalue weighted by molar-refractivity contribution is 0.771. The predicted octanol–water partition coefficient (Wildman–Crippen LogP) is 10.7. The third-order valence-electron chi connectivity index (χ3n) is 7.55. The minimum absolute atomic E-state index is 1.05. The van der Waals surface area contributed by atoms with E-state index in [9.17, 15) is 0 Å². The van der Waals surface area contributed by atoms with Gasteiger partial charge in [-0.15, -0.1) is 0 Å². The van der Waals surface area contributed by atoms with Gasteiger partial charge in [0.05, 0.1) is 16.1 Å². The first-order chi connectivity index (χ1) is 13.6. The van der Waals surface area contributed by atoms with E-state index in [1.54, 1.807) is 48.4 Å². The smallest absolute Gasteiger partial charge is 0.0533 e. The van der Waals surface area contributed by atoms with Crippen molar-refractivity contribution in [1.82, 2.24) is 0 Å². The van der Waals surface area contributed by atoms with Gasteiger partial charge in [-0.1, -0.05) is 167 Å². The highest BCUT2D eigenvalue weighted by atomic mass is 28.3. The van der Waals surface area contributed by atoms with Gasteiger partial charge in [0.2, 0.25) is 0 Å². The van der Waals surface area contributed by atoms with Gasteiger partial charge >= 0.3 is 0 Å². The van der Waals surface area contributed by atoms with E-state index >= 15 is 0 Å². The molecular weight excluding hydrogens is 368 g/mol. The summed E-state index contributed by atoms with van der Waals surface area (Å²) in [5, 5.41) is 0. The molecule has 170 valence electrons. The van der Waals surface area contributed by atoms with Crippen molar-refractivity contribution in [3.05, 3.63) is 0 Å². The molecule has 0 saturated heterocycles. The van der Waals surface area contributed by atoms with Crippen LogP contribution in [0, 0.1) is 0 Å². The molecule has 0 aromatic heterocycles. The van der Waals surface area contributed by atoms with Gasteiger partial charge in [-0.25, -0.2) is 0 Å². The largest absolute Gasteiger partial charge is 0.0654 e. The quantitative estimate of drug-likeness (QED) is 0.160. The van der Waals surface area contributed by atoms with Gasteiger partial charge in [0.15, 0.2) is 0 Å². The molecule has 0 rings (SSSR count). The van der Waals surface area contributed by atoms with Crippen molar-refractivity contribution in [2.75, 3.05) is 0 Å². The Morgan fingerprint density at radius 2 is 0.464 bits per heavy atom. The van der Waals surface area contributed by atoms with E-state index < -0.39 is 16.1 Å². The van der Waals surface area contributed by atoms with Crippen molar-refractivity contribution in [2.24, 2.45) is 0 Å². The van der Waals surface area contributed by atoms with Crippen LogP contribution in [0.3, 0.4) is 0 Å². The third kappa shape index (κ3) is 12.2. The summed E-state index contributed by atoms with van der Waals surface area (Å²) in [4.78, 5) is 0. The summed E-state index contributed by atoms with van der Waals surface area (Å²) in [6.45, 7) is 14.5. The summed E-state index contributed by atoms with van der Waals surface area (Å²) in [5.74, 6) is 0. The van der Waals surface area contributed by atoms with Crippen LogP contribution in [0.5, 0.6) is 0 Å². The number of hydrogen-bond donors (Lipinski definition) is 0. The topological polar surface area (TPSA) is 0 Å². The molecule has 28 heavy (non-hydrogen) atoms. The lowest BCUT2D eigenvalue weighted by atomic mass is 10.4. The molecule has 0 aliphatic carbocycles. The van der Waals surface area contributed by atoms with Crippen molar-refractivity contribution in [1.29, 1.82) is 0 Å². The first kappa shape index (κ1) is 28.4. The summed E-state index contributed by atoms with van der Waals surface area (Å²) in [6, 6.07) is 13.4. The second-order valence-corrected chi connectivity index (χ2v) is 20.1. The molecule has 0 heterocycles. The van der Waals surface area contributed by atoms with Crippen LogP contribution < -0.4 is 0 Å². The minimum Gasteiger partial charge on any atom is -0.0654 e. The van der Waals surface area contributed by atoms with Gasteiger partial charge in [0.25, 0.3) is 0 Å². The van der Waals surface area contributed by atoms with Crippen molar-refractivity contribution in [3.8, 4) is 0 Å². The molecule has 0 atom stereocenters. The SMILES string of the molecule is CCCC[Si](CCCC)(CCCC)CC[Si](CCCC)(CCCC)CCCC. The third-order valence-corrected chi connectivity index (χ3v) is 19.2. The van der Waals surface area contributed by atoms with Gasteiger partial charge in [-0.2, -0.15) is 0 Å². The molecule has 0 saturated carbocycles. The van der Waals surface area contributed by atoms with E-state index in [0.717, 1.165) is 0 Å².